The van der Waals surface area contributed by atoms with Gasteiger partial charge in [-0.1, -0.05) is 225 Å². The Morgan fingerprint density at radius 1 is 0.448 bits per heavy atom. The van der Waals surface area contributed by atoms with Gasteiger partial charge in [0.1, 0.15) is 0 Å². The fraction of sp³-hybridized carbons (Fsp3) is 0.679. The average Bonchev–Trinajstić information content (AvgIpc) is 3.84. The van der Waals surface area contributed by atoms with Gasteiger partial charge in [0, 0.05) is 50.9 Å². The summed E-state index contributed by atoms with van der Waals surface area (Å²) in [5.41, 5.74) is 19.2. The van der Waals surface area contributed by atoms with Crippen LogP contribution >= 0.6 is 0 Å². The predicted molar refractivity (Wildman–Crippen MR) is 265 cm³/mol. The van der Waals surface area contributed by atoms with Crippen LogP contribution in [0.4, 0.5) is 0 Å². The van der Waals surface area contributed by atoms with Crippen LogP contribution in [0.5, 0.6) is 0 Å². The van der Waals surface area contributed by atoms with Crippen molar-refractivity contribution in [3.63, 3.8) is 0 Å². The molecule has 0 nitrogen and oxygen atoms in total. The number of rotatable bonds is 14. The summed E-state index contributed by atoms with van der Waals surface area (Å²) in [4.78, 5) is 0. The zero-order valence-corrected chi connectivity index (χ0v) is 49.8. The van der Waals surface area contributed by atoms with Gasteiger partial charge in [-0.05, 0) is 63.9 Å². The Labute approximate surface area is 436 Å². The molecule has 0 N–H and O–H groups in total. The molecule has 0 spiro atoms. The minimum Gasteiger partial charge on any atom is -0.210 e. The van der Waals surface area contributed by atoms with Gasteiger partial charge in [0.05, 0.1) is 0 Å². The molecule has 58 heavy (non-hydrogen) atoms. The van der Waals surface area contributed by atoms with Crippen LogP contribution < -0.4 is 0 Å². The molecule has 2 atom stereocenters. The topological polar surface area (TPSA) is 0 Å². The number of hydrogen-bond acceptors (Lipinski definition) is 0. The number of hydrogen-bond donors (Lipinski definition) is 0. The molecule has 0 heterocycles. The molecule has 0 aromatic heterocycles. The van der Waals surface area contributed by atoms with E-state index in [1.807, 2.05) is 0 Å². The standard InChI is InChI=1S/C42H67.C14H23.2Sr/c1-23(2)32-19-21-41(30(15)16,37(32)28(11)12)39-35(26(7)8)34(25(5)6)36(27(9)10)40(39)42(31(17)18)22-20-33(24(3)4)38(42)29(13)14;1-9(2)12-7-8-13(10(3)4)14(12)11(5)6;;/h19-31H,1-18H3;7-11H,1-6H3;;/q2*-1;;+2. The van der Waals surface area contributed by atoms with Gasteiger partial charge in [-0.15, -0.1) is 11.1 Å². The maximum atomic E-state index is 2.68. The van der Waals surface area contributed by atoms with Gasteiger partial charge in [0.15, 0.2) is 0 Å². The van der Waals surface area contributed by atoms with Crippen molar-refractivity contribution >= 4 is 91.0 Å². The Morgan fingerprint density at radius 3 is 1.17 bits per heavy atom. The molecule has 2 heteroatoms. The Balaban J connectivity index is 0.000000890. The van der Waals surface area contributed by atoms with E-state index >= 15 is 0 Å². The Bertz CT molecular complexity index is 1640. The van der Waals surface area contributed by atoms with E-state index in [4.69, 9.17) is 0 Å². The van der Waals surface area contributed by atoms with Gasteiger partial charge in [0.25, 0.3) is 0 Å². The van der Waals surface area contributed by atoms with Gasteiger partial charge < -0.3 is 0 Å². The minimum atomic E-state index is -0.113. The molecule has 0 aliphatic heterocycles. The van der Waals surface area contributed by atoms with Crippen molar-refractivity contribution in [3.8, 4) is 0 Å². The fourth-order valence-corrected chi connectivity index (χ4v) is 11.5. The van der Waals surface area contributed by atoms with E-state index in [0.29, 0.717) is 71.0 Å². The van der Waals surface area contributed by atoms with Crippen molar-refractivity contribution in [1.29, 1.82) is 0 Å². The zero-order chi connectivity index (χ0) is 43.1. The molecule has 2 radical (unpaired) electrons. The summed E-state index contributed by atoms with van der Waals surface area (Å²) in [5.74, 6) is 6.23. The first-order valence-electron chi connectivity index (χ1n) is 23.3. The van der Waals surface area contributed by atoms with E-state index in [9.17, 15) is 0 Å². The summed E-state index contributed by atoms with van der Waals surface area (Å²) in [6.45, 7) is 58.0. The maximum absolute atomic E-state index is 2.68. The van der Waals surface area contributed by atoms with Crippen LogP contribution in [-0.4, -0.2) is 91.0 Å². The summed E-state index contributed by atoms with van der Waals surface area (Å²) in [6.07, 6.45) is 10.4. The van der Waals surface area contributed by atoms with Crippen molar-refractivity contribution in [2.45, 2.75) is 213 Å². The molecule has 0 saturated heterocycles. The SMILES string of the molecule is CC(C)C1=C(C(C)C)C(c2c(C(C)C)c(C(C)C)[c-](C(C)C)c2C2(C(C)C)C=CC(C(C)C)=C2C(C)C)(C(C)C)C=C1.CC(C)c1cc[c-](C(C)C)c1C(C)C.[Sr+2].[Sr]. The molecule has 2 aromatic rings. The molecule has 0 bridgehead atoms. The van der Waals surface area contributed by atoms with Crippen LogP contribution in [0.15, 0.2) is 58.7 Å². The second kappa shape index (κ2) is 22.5. The monoisotopic (exact) mass is 939 g/mol. The van der Waals surface area contributed by atoms with Gasteiger partial charge in [0.2, 0.25) is 0 Å². The van der Waals surface area contributed by atoms with Gasteiger partial charge >= 0.3 is 45.5 Å². The zero-order valence-electron chi connectivity index (χ0n) is 42.8. The molecule has 2 unspecified atom stereocenters. The summed E-state index contributed by atoms with van der Waals surface area (Å²) in [6, 6.07) is 4.63. The molecule has 318 valence electrons. The van der Waals surface area contributed by atoms with Gasteiger partial charge in [-0.25, -0.2) is 6.07 Å². The molecular formula is C56H90Sr2. The quantitative estimate of drug-likeness (QED) is 0.131. The molecule has 4 rings (SSSR count). The Morgan fingerprint density at radius 2 is 0.862 bits per heavy atom. The van der Waals surface area contributed by atoms with Crippen molar-refractivity contribution in [3.05, 3.63) is 103 Å². The van der Waals surface area contributed by atoms with Crippen LogP contribution in [0.3, 0.4) is 0 Å². The summed E-state index contributed by atoms with van der Waals surface area (Å²) >= 11 is 0. The van der Waals surface area contributed by atoms with E-state index < -0.39 is 0 Å². The third-order valence-electron chi connectivity index (χ3n) is 13.6. The minimum absolute atomic E-state index is 0. The van der Waals surface area contributed by atoms with Crippen molar-refractivity contribution < 1.29 is 0 Å². The van der Waals surface area contributed by atoms with E-state index in [1.54, 1.807) is 66.8 Å². The molecule has 0 amide bonds. The average molecular weight is 939 g/mol. The smallest absolute Gasteiger partial charge is 0.210 e. The van der Waals surface area contributed by atoms with Crippen LogP contribution in [-0.2, 0) is 10.8 Å². The molecule has 0 saturated carbocycles. The van der Waals surface area contributed by atoms with Crippen LogP contribution in [0.25, 0.3) is 0 Å². The second-order valence-electron chi connectivity index (χ2n) is 21.6. The molecule has 2 aliphatic carbocycles. The molecular weight excluding hydrogens is 848 g/mol. The van der Waals surface area contributed by atoms with E-state index in [2.05, 4.69) is 203 Å². The summed E-state index contributed by atoms with van der Waals surface area (Å²) < 4.78 is 0. The van der Waals surface area contributed by atoms with E-state index in [-0.39, 0.29) is 102 Å². The molecule has 0 fully saturated rings. The second-order valence-corrected chi connectivity index (χ2v) is 21.6. The first-order chi connectivity index (χ1) is 25.8. The third kappa shape index (κ3) is 10.4. The van der Waals surface area contributed by atoms with Crippen molar-refractivity contribution in [2.75, 3.05) is 0 Å². The maximum Gasteiger partial charge on any atom is 2.00 e. The first kappa shape index (κ1) is 56.6. The summed E-state index contributed by atoms with van der Waals surface area (Å²) in [7, 11) is 0. The predicted octanol–water partition coefficient (Wildman–Crippen LogP) is 16.9. The van der Waals surface area contributed by atoms with Crippen LogP contribution in [0, 0.1) is 35.5 Å². The number of allylic oxidation sites excluding steroid dienone is 8. The van der Waals surface area contributed by atoms with Gasteiger partial charge in [-0.3, -0.25) is 0 Å². The molecule has 2 aliphatic rings. The normalized spacial score (nSPS) is 19.8. The largest absolute Gasteiger partial charge is 2.00 e. The molecule has 2 aromatic carbocycles. The fourth-order valence-electron chi connectivity index (χ4n) is 11.5. The summed E-state index contributed by atoms with van der Waals surface area (Å²) in [5, 5.41) is 0. The van der Waals surface area contributed by atoms with Gasteiger partial charge in [-0.2, -0.15) is 39.4 Å². The van der Waals surface area contributed by atoms with Crippen molar-refractivity contribution in [1.82, 2.24) is 0 Å². The van der Waals surface area contributed by atoms with Crippen LogP contribution in [0.1, 0.15) is 246 Å². The third-order valence-corrected chi connectivity index (χ3v) is 13.6. The van der Waals surface area contributed by atoms with E-state index in [1.165, 1.54) is 0 Å². The van der Waals surface area contributed by atoms with E-state index in [0.717, 1.165) is 0 Å². The Hall–Kier alpha value is 0.621. The van der Waals surface area contributed by atoms with Crippen molar-refractivity contribution in [2.24, 2.45) is 35.5 Å². The first-order valence-corrected chi connectivity index (χ1v) is 23.3. The Kier molecular flexibility index (Phi) is 22.0. The van der Waals surface area contributed by atoms with Crippen LogP contribution in [0.2, 0.25) is 0 Å².